The molecule has 2 aromatic carbocycles. The van der Waals surface area contributed by atoms with Crippen LogP contribution < -0.4 is 5.14 Å². The summed E-state index contributed by atoms with van der Waals surface area (Å²) in [5, 5.41) is 24.4. The molecule has 8 heteroatoms. The van der Waals surface area contributed by atoms with Crippen molar-refractivity contribution in [3.05, 3.63) is 48.5 Å². The molecule has 0 radical (unpaired) electrons. The van der Waals surface area contributed by atoms with E-state index in [-0.39, 0.29) is 10.8 Å². The van der Waals surface area contributed by atoms with Crippen LogP contribution in [0.2, 0.25) is 0 Å². The van der Waals surface area contributed by atoms with Gasteiger partial charge < -0.3 is 9.67 Å². The van der Waals surface area contributed by atoms with Crippen LogP contribution in [0, 0.1) is 0 Å². The van der Waals surface area contributed by atoms with Crippen molar-refractivity contribution in [1.82, 2.24) is 4.57 Å². The molecule has 0 spiro atoms. The lowest BCUT2D eigenvalue weighted by molar-refractivity contribution is 0.427. The van der Waals surface area contributed by atoms with Crippen LogP contribution in [0.3, 0.4) is 0 Å². The Kier molecular flexibility index (Phi) is 4.08. The maximum absolute atomic E-state index is 11.2. The Morgan fingerprint density at radius 2 is 1.75 bits per heavy atom. The number of rotatable bonds is 4. The first kappa shape index (κ1) is 16.2. The molecule has 0 amide bonds. The lowest BCUT2D eigenvalue weighted by Gasteiger charge is -2.01. The predicted octanol–water partition coefficient (Wildman–Crippen LogP) is 3.43. The SMILES string of the molecule is CCn1c(O)c(N=Nc2ccc(S(N)(=O)=O)cc2)c2ccccc21. The van der Waals surface area contributed by atoms with E-state index in [9.17, 15) is 13.5 Å². The van der Waals surface area contributed by atoms with Crippen molar-refractivity contribution < 1.29 is 13.5 Å². The molecule has 0 unspecified atom stereocenters. The molecule has 0 aliphatic carbocycles. The van der Waals surface area contributed by atoms with E-state index in [4.69, 9.17) is 5.14 Å². The number of nitrogens with zero attached hydrogens (tertiary/aromatic N) is 3. The number of primary sulfonamides is 1. The zero-order chi connectivity index (χ0) is 17.3. The molecule has 0 atom stereocenters. The monoisotopic (exact) mass is 344 g/mol. The summed E-state index contributed by atoms with van der Waals surface area (Å²) >= 11 is 0. The molecule has 24 heavy (non-hydrogen) atoms. The average molecular weight is 344 g/mol. The Hall–Kier alpha value is -2.71. The summed E-state index contributed by atoms with van der Waals surface area (Å²) < 4.78 is 24.2. The Labute approximate surface area is 139 Å². The quantitative estimate of drug-likeness (QED) is 0.707. The average Bonchev–Trinajstić information content (AvgIpc) is 2.83. The van der Waals surface area contributed by atoms with Gasteiger partial charge in [0.25, 0.3) is 0 Å². The number of fused-ring (bicyclic) bond motifs is 1. The van der Waals surface area contributed by atoms with Gasteiger partial charge in [-0.15, -0.1) is 5.11 Å². The number of sulfonamides is 1. The van der Waals surface area contributed by atoms with Gasteiger partial charge in [0.05, 0.1) is 16.1 Å². The highest BCUT2D eigenvalue weighted by Gasteiger charge is 2.15. The highest BCUT2D eigenvalue weighted by molar-refractivity contribution is 7.89. The van der Waals surface area contributed by atoms with Crippen LogP contribution in [-0.4, -0.2) is 18.1 Å². The smallest absolute Gasteiger partial charge is 0.238 e. The third kappa shape index (κ3) is 2.89. The summed E-state index contributed by atoms with van der Waals surface area (Å²) in [5.41, 5.74) is 1.70. The number of nitrogens with two attached hydrogens (primary N) is 1. The van der Waals surface area contributed by atoms with Gasteiger partial charge in [0, 0.05) is 11.9 Å². The Morgan fingerprint density at radius 1 is 1.08 bits per heavy atom. The molecule has 124 valence electrons. The van der Waals surface area contributed by atoms with E-state index < -0.39 is 10.0 Å². The van der Waals surface area contributed by atoms with E-state index in [2.05, 4.69) is 10.2 Å². The molecular formula is C16H16N4O3S. The molecule has 3 aromatic rings. The summed E-state index contributed by atoms with van der Waals surface area (Å²) in [6.45, 7) is 2.53. The van der Waals surface area contributed by atoms with E-state index in [0.717, 1.165) is 10.9 Å². The number of aromatic hydroxyl groups is 1. The first-order valence-corrected chi connectivity index (χ1v) is 8.81. The second-order valence-electron chi connectivity index (χ2n) is 5.17. The fourth-order valence-electron chi connectivity index (χ4n) is 2.50. The number of hydrogen-bond acceptors (Lipinski definition) is 5. The summed E-state index contributed by atoms with van der Waals surface area (Å²) in [7, 11) is -3.74. The third-order valence-electron chi connectivity index (χ3n) is 3.66. The van der Waals surface area contributed by atoms with Gasteiger partial charge in [-0.05, 0) is 37.3 Å². The number of aryl methyl sites for hydroxylation is 1. The molecule has 1 aromatic heterocycles. The molecule has 3 rings (SSSR count). The molecule has 0 bridgehead atoms. The Balaban J connectivity index is 2.01. The molecule has 7 nitrogen and oxygen atoms in total. The van der Waals surface area contributed by atoms with Crippen LogP contribution in [0.1, 0.15) is 6.92 Å². The van der Waals surface area contributed by atoms with E-state index >= 15 is 0 Å². The van der Waals surface area contributed by atoms with E-state index in [1.54, 1.807) is 4.57 Å². The third-order valence-corrected chi connectivity index (χ3v) is 4.59. The summed E-state index contributed by atoms with van der Waals surface area (Å²) in [4.78, 5) is 0.00637. The van der Waals surface area contributed by atoms with Crippen LogP contribution in [0.15, 0.2) is 63.7 Å². The maximum Gasteiger partial charge on any atom is 0.238 e. The first-order valence-electron chi connectivity index (χ1n) is 7.26. The number of benzene rings is 2. The molecule has 0 saturated heterocycles. The molecule has 0 aliphatic heterocycles. The molecular weight excluding hydrogens is 328 g/mol. The minimum Gasteiger partial charge on any atom is -0.493 e. The minimum atomic E-state index is -3.74. The Bertz CT molecular complexity index is 1020. The number of aromatic nitrogens is 1. The summed E-state index contributed by atoms with van der Waals surface area (Å²) in [6.07, 6.45) is 0. The number of para-hydroxylation sites is 1. The largest absolute Gasteiger partial charge is 0.493 e. The van der Waals surface area contributed by atoms with Crippen molar-refractivity contribution >= 4 is 32.3 Å². The lowest BCUT2D eigenvalue weighted by Crippen LogP contribution is -2.11. The van der Waals surface area contributed by atoms with Crippen LogP contribution in [0.4, 0.5) is 11.4 Å². The fourth-order valence-corrected chi connectivity index (χ4v) is 3.02. The zero-order valence-corrected chi connectivity index (χ0v) is 13.7. The van der Waals surface area contributed by atoms with Crippen LogP contribution in [-0.2, 0) is 16.6 Å². The fraction of sp³-hybridized carbons (Fsp3) is 0.125. The highest BCUT2D eigenvalue weighted by atomic mass is 32.2. The van der Waals surface area contributed by atoms with Crippen molar-refractivity contribution in [2.24, 2.45) is 15.4 Å². The molecule has 0 saturated carbocycles. The van der Waals surface area contributed by atoms with Gasteiger partial charge in [-0.2, -0.15) is 5.11 Å². The van der Waals surface area contributed by atoms with E-state index in [1.165, 1.54) is 24.3 Å². The van der Waals surface area contributed by atoms with E-state index in [1.807, 2.05) is 31.2 Å². The Morgan fingerprint density at radius 3 is 2.38 bits per heavy atom. The normalized spacial score (nSPS) is 12.2. The lowest BCUT2D eigenvalue weighted by atomic mass is 10.2. The van der Waals surface area contributed by atoms with Crippen molar-refractivity contribution in [3.63, 3.8) is 0 Å². The molecule has 0 aliphatic rings. The van der Waals surface area contributed by atoms with Gasteiger partial charge in [0.1, 0.15) is 0 Å². The second-order valence-corrected chi connectivity index (χ2v) is 6.73. The summed E-state index contributed by atoms with van der Waals surface area (Å²) in [5.74, 6) is 0.0450. The molecule has 0 fully saturated rings. The zero-order valence-electron chi connectivity index (χ0n) is 12.9. The van der Waals surface area contributed by atoms with Gasteiger partial charge in [0.2, 0.25) is 15.9 Å². The number of azo groups is 1. The van der Waals surface area contributed by atoms with Crippen LogP contribution in [0.5, 0.6) is 5.88 Å². The van der Waals surface area contributed by atoms with Gasteiger partial charge in [-0.25, -0.2) is 13.6 Å². The van der Waals surface area contributed by atoms with Crippen molar-refractivity contribution in [2.75, 3.05) is 0 Å². The van der Waals surface area contributed by atoms with Crippen LogP contribution in [0.25, 0.3) is 10.9 Å². The first-order chi connectivity index (χ1) is 11.4. The maximum atomic E-state index is 11.2. The molecule has 3 N–H and O–H groups in total. The summed E-state index contributed by atoms with van der Waals surface area (Å²) in [6, 6.07) is 13.2. The highest BCUT2D eigenvalue weighted by Crippen LogP contribution is 2.39. The van der Waals surface area contributed by atoms with Crippen molar-refractivity contribution in [1.29, 1.82) is 0 Å². The van der Waals surface area contributed by atoms with Crippen LogP contribution >= 0.6 is 0 Å². The van der Waals surface area contributed by atoms with Gasteiger partial charge in [-0.3, -0.25) is 0 Å². The standard InChI is InChI=1S/C16H16N4O3S/c1-2-20-14-6-4-3-5-13(14)15(16(20)21)19-18-11-7-9-12(10-8-11)24(17,22)23/h3-10,21H,2H2,1H3,(H2,17,22,23). The van der Waals surface area contributed by atoms with Gasteiger partial charge in [-0.1, -0.05) is 18.2 Å². The van der Waals surface area contributed by atoms with Crippen molar-refractivity contribution in [3.8, 4) is 5.88 Å². The second kappa shape index (κ2) is 6.06. The predicted molar refractivity (Wildman–Crippen MR) is 91.3 cm³/mol. The topological polar surface area (TPSA) is 110 Å². The molecule has 1 heterocycles. The van der Waals surface area contributed by atoms with E-state index in [0.29, 0.717) is 17.9 Å². The number of hydrogen-bond donors (Lipinski definition) is 2. The van der Waals surface area contributed by atoms with Gasteiger partial charge in [0.15, 0.2) is 5.69 Å². The van der Waals surface area contributed by atoms with Crippen molar-refractivity contribution in [2.45, 2.75) is 18.4 Å². The minimum absolute atomic E-state index is 0.00637. The van der Waals surface area contributed by atoms with Gasteiger partial charge >= 0.3 is 0 Å².